The van der Waals surface area contributed by atoms with Crippen molar-refractivity contribution in [2.45, 2.75) is 55.5 Å². The Morgan fingerprint density at radius 3 is 2.68 bits per heavy atom. The molecule has 0 aromatic rings. The number of ether oxygens (including phenoxy) is 4. The van der Waals surface area contributed by atoms with E-state index < -0.39 is 29.1 Å². The SMILES string of the molecule is CO[C@@H]1O[C@H]([C@@H](Br)C(=O)CC#N)[C@H]2OC(C)(C)O[C@@H]12. The van der Waals surface area contributed by atoms with Crippen LogP contribution >= 0.6 is 15.9 Å². The number of ketones is 1. The summed E-state index contributed by atoms with van der Waals surface area (Å²) in [6.45, 7) is 3.60. The predicted octanol–water partition coefficient (Wildman–Crippen LogP) is 1.12. The Morgan fingerprint density at radius 1 is 1.47 bits per heavy atom. The highest BCUT2D eigenvalue weighted by atomic mass is 79.9. The quantitative estimate of drug-likeness (QED) is 0.717. The van der Waals surface area contributed by atoms with Gasteiger partial charge in [0.05, 0.1) is 12.5 Å². The first-order chi connectivity index (χ1) is 8.89. The summed E-state index contributed by atoms with van der Waals surface area (Å²) >= 11 is 3.29. The van der Waals surface area contributed by atoms with Gasteiger partial charge in [-0.15, -0.1) is 0 Å². The molecule has 0 bridgehead atoms. The van der Waals surface area contributed by atoms with E-state index in [1.165, 1.54) is 7.11 Å². The molecule has 2 aliphatic rings. The molecule has 106 valence electrons. The van der Waals surface area contributed by atoms with Gasteiger partial charge in [0.15, 0.2) is 17.9 Å². The van der Waals surface area contributed by atoms with Crippen LogP contribution in [0.4, 0.5) is 0 Å². The minimum Gasteiger partial charge on any atom is -0.353 e. The van der Waals surface area contributed by atoms with Crippen LogP contribution in [-0.4, -0.2) is 48.1 Å². The second-order valence-electron chi connectivity index (χ2n) is 4.97. The normalized spacial score (nSPS) is 37.6. The van der Waals surface area contributed by atoms with Crippen LogP contribution in [0.5, 0.6) is 0 Å². The van der Waals surface area contributed by atoms with Crippen LogP contribution in [0.2, 0.25) is 0 Å². The van der Waals surface area contributed by atoms with Gasteiger partial charge >= 0.3 is 0 Å². The molecule has 0 radical (unpaired) electrons. The number of nitriles is 1. The van der Waals surface area contributed by atoms with Gasteiger partial charge in [-0.3, -0.25) is 4.79 Å². The van der Waals surface area contributed by atoms with Gasteiger partial charge in [0.25, 0.3) is 0 Å². The third kappa shape index (κ3) is 2.83. The number of carbonyl (C=O) groups excluding carboxylic acids is 1. The minimum atomic E-state index is -0.737. The molecule has 6 nitrogen and oxygen atoms in total. The number of fused-ring (bicyclic) bond motifs is 1. The second kappa shape index (κ2) is 5.46. The molecule has 19 heavy (non-hydrogen) atoms. The Morgan fingerprint density at radius 2 is 2.11 bits per heavy atom. The maximum Gasteiger partial charge on any atom is 0.186 e. The number of rotatable bonds is 4. The third-order valence-corrected chi connectivity index (χ3v) is 4.16. The van der Waals surface area contributed by atoms with Gasteiger partial charge in [-0.05, 0) is 13.8 Å². The molecule has 0 aliphatic carbocycles. The summed E-state index contributed by atoms with van der Waals surface area (Å²) in [5.41, 5.74) is 0. The van der Waals surface area contributed by atoms with E-state index in [9.17, 15) is 4.79 Å². The van der Waals surface area contributed by atoms with Crippen LogP contribution in [0, 0.1) is 11.3 Å². The second-order valence-corrected chi connectivity index (χ2v) is 5.96. The van der Waals surface area contributed by atoms with Gasteiger partial charge < -0.3 is 18.9 Å². The van der Waals surface area contributed by atoms with Crippen molar-refractivity contribution in [2.24, 2.45) is 0 Å². The fourth-order valence-corrected chi connectivity index (χ4v) is 2.96. The lowest BCUT2D eigenvalue weighted by Gasteiger charge is -2.25. The molecule has 2 rings (SSSR count). The van der Waals surface area contributed by atoms with Crippen molar-refractivity contribution < 1.29 is 23.7 Å². The van der Waals surface area contributed by atoms with Crippen molar-refractivity contribution in [2.75, 3.05) is 7.11 Å². The molecule has 2 aliphatic heterocycles. The zero-order chi connectivity index (χ0) is 14.2. The number of hydrogen-bond acceptors (Lipinski definition) is 6. The van der Waals surface area contributed by atoms with E-state index in [-0.39, 0.29) is 18.3 Å². The zero-order valence-corrected chi connectivity index (χ0v) is 12.5. The van der Waals surface area contributed by atoms with Gasteiger partial charge in [-0.25, -0.2) is 0 Å². The fourth-order valence-electron chi connectivity index (χ4n) is 2.38. The first-order valence-corrected chi connectivity index (χ1v) is 6.89. The van der Waals surface area contributed by atoms with Crippen molar-refractivity contribution in [3.63, 3.8) is 0 Å². The number of carbonyl (C=O) groups is 1. The molecule has 0 saturated carbocycles. The number of hydrogen-bond donors (Lipinski definition) is 0. The van der Waals surface area contributed by atoms with Gasteiger partial charge in [0.2, 0.25) is 0 Å². The van der Waals surface area contributed by atoms with Crippen molar-refractivity contribution in [3.05, 3.63) is 0 Å². The highest BCUT2D eigenvalue weighted by molar-refractivity contribution is 9.10. The van der Waals surface area contributed by atoms with E-state index in [0.29, 0.717) is 0 Å². The monoisotopic (exact) mass is 333 g/mol. The standard InChI is InChI=1S/C12H16BrNO5/c1-12(2)18-9-8(7(13)6(15)4-5-14)17-11(16-3)10(9)19-12/h7-11H,4H2,1-3H3/t7-,8+,9+,10+,11+/m0/s1. The van der Waals surface area contributed by atoms with Crippen molar-refractivity contribution in [1.29, 1.82) is 5.26 Å². The molecular formula is C12H16BrNO5. The van der Waals surface area contributed by atoms with Crippen LogP contribution in [0.25, 0.3) is 0 Å². The molecule has 0 amide bonds. The lowest BCUT2D eigenvalue weighted by Crippen LogP contribution is -2.39. The van der Waals surface area contributed by atoms with Gasteiger partial charge in [-0.2, -0.15) is 5.26 Å². The Kier molecular flexibility index (Phi) is 4.28. The number of halogens is 1. The molecule has 7 heteroatoms. The predicted molar refractivity (Wildman–Crippen MR) is 67.4 cm³/mol. The van der Waals surface area contributed by atoms with E-state index in [2.05, 4.69) is 15.9 Å². The topological polar surface area (TPSA) is 77.8 Å². The molecule has 5 atom stereocenters. The van der Waals surface area contributed by atoms with Gasteiger partial charge in [0.1, 0.15) is 23.1 Å². The van der Waals surface area contributed by atoms with Crippen LogP contribution in [-0.2, 0) is 23.7 Å². The van der Waals surface area contributed by atoms with Crippen molar-refractivity contribution >= 4 is 21.7 Å². The molecular weight excluding hydrogens is 318 g/mol. The molecule has 2 fully saturated rings. The Bertz CT molecular complexity index is 407. The average Bonchev–Trinajstić information content (AvgIpc) is 2.81. The van der Waals surface area contributed by atoms with Crippen LogP contribution < -0.4 is 0 Å². The molecule has 0 N–H and O–H groups in total. The molecule has 0 aromatic heterocycles. The fraction of sp³-hybridized carbons (Fsp3) is 0.833. The molecule has 2 saturated heterocycles. The van der Waals surface area contributed by atoms with E-state index in [4.69, 9.17) is 24.2 Å². The van der Waals surface area contributed by atoms with Crippen LogP contribution in [0.3, 0.4) is 0 Å². The first kappa shape index (κ1) is 14.9. The summed E-state index contributed by atoms with van der Waals surface area (Å²) in [5.74, 6) is -0.976. The highest BCUT2D eigenvalue weighted by Gasteiger charge is 2.57. The van der Waals surface area contributed by atoms with Crippen molar-refractivity contribution in [3.8, 4) is 6.07 Å². The lowest BCUT2D eigenvalue weighted by atomic mass is 10.0. The Hall–Kier alpha value is -0.520. The van der Waals surface area contributed by atoms with E-state index >= 15 is 0 Å². The summed E-state index contributed by atoms with van der Waals surface area (Å²) in [5, 5.41) is 8.58. The van der Waals surface area contributed by atoms with Crippen LogP contribution in [0.1, 0.15) is 20.3 Å². The number of nitrogens with zero attached hydrogens (tertiary/aromatic N) is 1. The average molecular weight is 334 g/mol. The lowest BCUT2D eigenvalue weighted by molar-refractivity contribution is -0.226. The maximum atomic E-state index is 11.8. The zero-order valence-electron chi connectivity index (χ0n) is 11.0. The van der Waals surface area contributed by atoms with Gasteiger partial charge in [-0.1, -0.05) is 15.9 Å². The highest BCUT2D eigenvalue weighted by Crippen LogP contribution is 2.41. The maximum absolute atomic E-state index is 11.8. The molecule has 0 unspecified atom stereocenters. The van der Waals surface area contributed by atoms with Gasteiger partial charge in [0, 0.05) is 7.11 Å². The molecule has 2 heterocycles. The van der Waals surface area contributed by atoms with E-state index in [1.54, 1.807) is 13.8 Å². The summed E-state index contributed by atoms with van der Waals surface area (Å²) < 4.78 is 22.4. The third-order valence-electron chi connectivity index (χ3n) is 3.13. The smallest absolute Gasteiger partial charge is 0.186 e. The Balaban J connectivity index is 2.14. The molecule has 0 aromatic carbocycles. The molecule has 0 spiro atoms. The minimum absolute atomic E-state index is 0.172. The Labute approximate surface area is 120 Å². The van der Waals surface area contributed by atoms with E-state index in [1.807, 2.05) is 6.07 Å². The number of alkyl halides is 1. The summed E-state index contributed by atoms with van der Waals surface area (Å²) in [6.07, 6.45) is -2.05. The first-order valence-electron chi connectivity index (χ1n) is 5.97. The summed E-state index contributed by atoms with van der Waals surface area (Å²) in [4.78, 5) is 11.2. The summed E-state index contributed by atoms with van der Waals surface area (Å²) in [6, 6.07) is 1.83. The number of methoxy groups -OCH3 is 1. The van der Waals surface area contributed by atoms with Crippen molar-refractivity contribution in [1.82, 2.24) is 0 Å². The van der Waals surface area contributed by atoms with Crippen LogP contribution in [0.15, 0.2) is 0 Å². The van der Waals surface area contributed by atoms with E-state index in [0.717, 1.165) is 0 Å². The largest absolute Gasteiger partial charge is 0.353 e. The summed E-state index contributed by atoms with van der Waals surface area (Å²) in [7, 11) is 1.51. The number of Topliss-reactive ketones (excluding diaryl/α,β-unsaturated/α-hetero) is 1.